The molecule has 1 aliphatic heterocycles. The predicted octanol–water partition coefficient (Wildman–Crippen LogP) is 2.02. The number of aliphatic hydroxyl groups is 1. The summed E-state index contributed by atoms with van der Waals surface area (Å²) < 4.78 is 7.99. The molecule has 1 aromatic carbocycles. The van der Waals surface area contributed by atoms with Crippen LogP contribution in [0.2, 0.25) is 0 Å². The van der Waals surface area contributed by atoms with Crippen LogP contribution in [0.1, 0.15) is 53.1 Å². The van der Waals surface area contributed by atoms with Gasteiger partial charge in [0.25, 0.3) is 11.8 Å². The number of carbonyl (C=O) groups is 2. The van der Waals surface area contributed by atoms with Gasteiger partial charge in [-0.15, -0.1) is 0 Å². The Morgan fingerprint density at radius 2 is 2.03 bits per heavy atom. The van der Waals surface area contributed by atoms with Gasteiger partial charge in [0, 0.05) is 43.8 Å². The zero-order chi connectivity index (χ0) is 27.1. The molecule has 9 nitrogen and oxygen atoms in total. The highest BCUT2D eigenvalue weighted by Crippen LogP contribution is 2.39. The number of nitrogens with two attached hydrogens (primary N) is 1. The van der Waals surface area contributed by atoms with E-state index in [9.17, 15) is 14.7 Å². The fraction of sp³-hybridized carbons (Fsp3) is 0.379. The summed E-state index contributed by atoms with van der Waals surface area (Å²) in [7, 11) is 1.64. The Morgan fingerprint density at radius 1 is 1.26 bits per heavy atom. The van der Waals surface area contributed by atoms with Gasteiger partial charge in [-0.05, 0) is 29.5 Å². The van der Waals surface area contributed by atoms with Crippen LogP contribution in [0.3, 0.4) is 0 Å². The van der Waals surface area contributed by atoms with Crippen LogP contribution >= 0.6 is 0 Å². The molecule has 2 aromatic heterocycles. The second kappa shape index (κ2) is 9.71. The molecule has 2 atom stereocenters. The molecule has 2 amide bonds. The highest BCUT2D eigenvalue weighted by Gasteiger charge is 2.43. The molecule has 3 heterocycles. The van der Waals surface area contributed by atoms with Gasteiger partial charge in [-0.25, -0.2) is 9.67 Å². The zero-order valence-electron chi connectivity index (χ0n) is 21.8. The second-order valence-electron chi connectivity index (χ2n) is 10.7. The van der Waals surface area contributed by atoms with Gasteiger partial charge in [-0.1, -0.05) is 56.0 Å². The van der Waals surface area contributed by atoms with Crippen LogP contribution in [0.5, 0.6) is 0 Å². The van der Waals surface area contributed by atoms with Crippen molar-refractivity contribution in [2.75, 3.05) is 13.6 Å². The lowest BCUT2D eigenvalue weighted by molar-refractivity contribution is -0.137. The molecule has 1 saturated heterocycles. The van der Waals surface area contributed by atoms with Crippen molar-refractivity contribution in [3.8, 4) is 17.7 Å². The number of likely N-dealkylation sites (tertiary alicyclic amines) is 1. The summed E-state index contributed by atoms with van der Waals surface area (Å²) in [4.78, 5) is 30.6. The standard InChI is InChI=1S/C29H31N5O4/c1-28(2)17-22-21(16-23(28)38-18-20-7-5-4-6-8-20)25(26(30)35)32-34(22)24-15-19(10-13-31-24)9-11-29(37)12-14-33(3)27(29)36/h4-8,10,13,15,23,37H,12,14,16-18H2,1-3H3,(H2,30,35). The number of aromatic nitrogens is 3. The number of hydrogen-bond acceptors (Lipinski definition) is 6. The lowest BCUT2D eigenvalue weighted by Gasteiger charge is -2.38. The number of amides is 2. The average Bonchev–Trinajstić information content (AvgIpc) is 3.38. The van der Waals surface area contributed by atoms with Crippen LogP contribution < -0.4 is 5.73 Å². The Bertz CT molecular complexity index is 1450. The lowest BCUT2D eigenvalue weighted by Crippen LogP contribution is -2.40. The summed E-state index contributed by atoms with van der Waals surface area (Å²) in [5.41, 5.74) is 7.26. The smallest absolute Gasteiger partial charge is 0.269 e. The number of likely N-dealkylation sites (N-methyl/N-ethyl adjacent to an activating group) is 1. The quantitative estimate of drug-likeness (QED) is 0.503. The molecule has 3 N–H and O–H groups in total. The third-order valence-corrected chi connectivity index (χ3v) is 7.39. The van der Waals surface area contributed by atoms with Gasteiger partial charge in [-0.3, -0.25) is 9.59 Å². The molecule has 0 saturated carbocycles. The van der Waals surface area contributed by atoms with Crippen LogP contribution in [0.15, 0.2) is 48.7 Å². The van der Waals surface area contributed by atoms with E-state index < -0.39 is 17.4 Å². The van der Waals surface area contributed by atoms with E-state index in [0.717, 1.165) is 16.8 Å². The first-order valence-corrected chi connectivity index (χ1v) is 12.6. The highest BCUT2D eigenvalue weighted by molar-refractivity contribution is 5.93. The third kappa shape index (κ3) is 4.80. The minimum absolute atomic E-state index is 0.140. The van der Waals surface area contributed by atoms with E-state index in [0.29, 0.717) is 37.4 Å². The summed E-state index contributed by atoms with van der Waals surface area (Å²) in [5.74, 6) is 5.11. The maximum absolute atomic E-state index is 12.4. The first kappa shape index (κ1) is 25.6. The molecule has 9 heteroatoms. The van der Waals surface area contributed by atoms with Crippen LogP contribution in [0, 0.1) is 17.3 Å². The molecule has 5 rings (SSSR count). The SMILES string of the molecule is CN1CCC(O)(C#Cc2ccnc(-n3nc(C(N)=O)c4c3CC(C)(C)C(OCc3ccccc3)C4)c2)C1=O. The third-order valence-electron chi connectivity index (χ3n) is 7.39. The molecule has 1 aliphatic carbocycles. The highest BCUT2D eigenvalue weighted by atomic mass is 16.5. The maximum Gasteiger partial charge on any atom is 0.269 e. The Balaban J connectivity index is 1.46. The molecule has 3 aromatic rings. The van der Waals surface area contributed by atoms with Crippen LogP contribution in [-0.4, -0.2) is 61.9 Å². The number of ether oxygens (including phenoxy) is 1. The Labute approximate surface area is 221 Å². The molecule has 1 fully saturated rings. The van der Waals surface area contributed by atoms with Gasteiger partial charge < -0.3 is 20.5 Å². The van der Waals surface area contributed by atoms with Crippen molar-refractivity contribution in [2.24, 2.45) is 11.1 Å². The average molecular weight is 514 g/mol. The number of hydrogen-bond donors (Lipinski definition) is 2. The van der Waals surface area contributed by atoms with Crippen LogP contribution in [0.25, 0.3) is 5.82 Å². The number of fused-ring (bicyclic) bond motifs is 1. The van der Waals surface area contributed by atoms with E-state index in [4.69, 9.17) is 10.5 Å². The van der Waals surface area contributed by atoms with E-state index in [-0.39, 0.29) is 23.6 Å². The second-order valence-corrected chi connectivity index (χ2v) is 10.7. The van der Waals surface area contributed by atoms with Crippen molar-refractivity contribution in [2.45, 2.75) is 51.4 Å². The van der Waals surface area contributed by atoms with Gasteiger partial charge in [0.05, 0.1) is 18.4 Å². The number of pyridine rings is 1. The molecule has 0 spiro atoms. The summed E-state index contributed by atoms with van der Waals surface area (Å²) in [5, 5.41) is 15.2. The lowest BCUT2D eigenvalue weighted by atomic mass is 9.73. The first-order chi connectivity index (χ1) is 18.1. The number of primary amides is 1. The van der Waals surface area contributed by atoms with E-state index >= 15 is 0 Å². The van der Waals surface area contributed by atoms with Crippen molar-refractivity contribution in [3.05, 3.63) is 76.7 Å². The largest absolute Gasteiger partial charge is 0.373 e. The van der Waals surface area contributed by atoms with Crippen molar-refractivity contribution < 1.29 is 19.4 Å². The van der Waals surface area contributed by atoms with Gasteiger partial charge in [0.2, 0.25) is 5.60 Å². The maximum atomic E-state index is 12.4. The molecule has 0 bridgehead atoms. The van der Waals surface area contributed by atoms with Gasteiger partial charge in [-0.2, -0.15) is 5.10 Å². The van der Waals surface area contributed by atoms with E-state index in [1.807, 2.05) is 30.3 Å². The van der Waals surface area contributed by atoms with Crippen molar-refractivity contribution in [1.82, 2.24) is 19.7 Å². The van der Waals surface area contributed by atoms with E-state index in [1.165, 1.54) is 4.90 Å². The fourth-order valence-electron chi connectivity index (χ4n) is 5.09. The van der Waals surface area contributed by atoms with Gasteiger partial charge in [0.15, 0.2) is 11.5 Å². The Hall–Kier alpha value is -4.00. The summed E-state index contributed by atoms with van der Waals surface area (Å²) in [6.07, 6.45) is 2.79. The number of benzene rings is 1. The van der Waals surface area contributed by atoms with Crippen LogP contribution in [0.4, 0.5) is 0 Å². The molecule has 196 valence electrons. The minimum atomic E-state index is -1.69. The number of nitrogens with zero attached hydrogens (tertiary/aromatic N) is 4. The van der Waals surface area contributed by atoms with Crippen LogP contribution in [-0.2, 0) is 29.0 Å². The number of carbonyl (C=O) groups excluding carboxylic acids is 2. The fourth-order valence-corrected chi connectivity index (χ4v) is 5.09. The van der Waals surface area contributed by atoms with Crippen molar-refractivity contribution >= 4 is 11.8 Å². The zero-order valence-corrected chi connectivity index (χ0v) is 21.8. The topological polar surface area (TPSA) is 124 Å². The normalized spacial score (nSPS) is 22.1. The molecular weight excluding hydrogens is 482 g/mol. The molecule has 2 unspecified atom stereocenters. The predicted molar refractivity (Wildman–Crippen MR) is 140 cm³/mol. The van der Waals surface area contributed by atoms with E-state index in [2.05, 4.69) is 35.8 Å². The molecule has 2 aliphatic rings. The van der Waals surface area contributed by atoms with E-state index in [1.54, 1.807) is 30.1 Å². The summed E-state index contributed by atoms with van der Waals surface area (Å²) >= 11 is 0. The minimum Gasteiger partial charge on any atom is -0.373 e. The van der Waals surface area contributed by atoms with Gasteiger partial charge >= 0.3 is 0 Å². The molecular formula is C29H31N5O4. The Kier molecular flexibility index (Phi) is 6.55. The monoisotopic (exact) mass is 513 g/mol. The summed E-state index contributed by atoms with van der Waals surface area (Å²) in [6.45, 7) is 5.20. The van der Waals surface area contributed by atoms with Crippen molar-refractivity contribution in [3.63, 3.8) is 0 Å². The number of rotatable bonds is 5. The van der Waals surface area contributed by atoms with Crippen molar-refractivity contribution in [1.29, 1.82) is 0 Å². The Morgan fingerprint density at radius 3 is 2.71 bits per heavy atom. The first-order valence-electron chi connectivity index (χ1n) is 12.6. The van der Waals surface area contributed by atoms with Gasteiger partial charge in [0.1, 0.15) is 0 Å². The summed E-state index contributed by atoms with van der Waals surface area (Å²) in [6, 6.07) is 13.4. The molecule has 38 heavy (non-hydrogen) atoms. The molecule has 0 radical (unpaired) electrons.